The summed E-state index contributed by atoms with van der Waals surface area (Å²) in [6, 6.07) is -1.14. The summed E-state index contributed by atoms with van der Waals surface area (Å²) in [6.45, 7) is 3.15. The minimum atomic E-state index is -5.12. The molecule has 1 fully saturated rings. The molecular formula is C43H79NO12S. The monoisotopic (exact) mass is 834 g/mol. The molecule has 0 aliphatic carbocycles. The van der Waals surface area contributed by atoms with Crippen molar-refractivity contribution >= 4 is 16.3 Å². The van der Waals surface area contributed by atoms with Crippen LogP contribution in [0.2, 0.25) is 0 Å². The molecule has 0 aromatic carbocycles. The summed E-state index contributed by atoms with van der Waals surface area (Å²) < 4.78 is 47.4. The number of hydrogen-bond acceptors (Lipinski definition) is 11. The van der Waals surface area contributed by atoms with Gasteiger partial charge in [0.15, 0.2) is 6.29 Å². The predicted molar refractivity (Wildman–Crippen MR) is 224 cm³/mol. The van der Waals surface area contributed by atoms with Gasteiger partial charge >= 0.3 is 10.4 Å². The molecule has 1 rings (SSSR count). The van der Waals surface area contributed by atoms with E-state index in [1.54, 1.807) is 6.08 Å². The minimum Gasteiger partial charge on any atom is -0.394 e. The Balaban J connectivity index is 2.68. The molecule has 8 unspecified atom stereocenters. The lowest BCUT2D eigenvalue weighted by atomic mass is 9.99. The highest BCUT2D eigenvalue weighted by Crippen LogP contribution is 2.26. The van der Waals surface area contributed by atoms with E-state index in [9.17, 15) is 38.7 Å². The maximum Gasteiger partial charge on any atom is 0.397 e. The number of rotatable bonds is 36. The largest absolute Gasteiger partial charge is 0.397 e. The number of aliphatic hydroxyl groups excluding tert-OH is 5. The predicted octanol–water partition coefficient (Wildman–Crippen LogP) is 6.91. The van der Waals surface area contributed by atoms with Gasteiger partial charge in [-0.05, 0) is 57.8 Å². The summed E-state index contributed by atoms with van der Waals surface area (Å²) in [6.07, 6.45) is 26.7. The van der Waals surface area contributed by atoms with Crippen molar-refractivity contribution in [3.05, 3.63) is 36.5 Å². The van der Waals surface area contributed by atoms with Gasteiger partial charge in [0.25, 0.3) is 0 Å². The molecule has 1 aliphatic rings. The van der Waals surface area contributed by atoms with E-state index >= 15 is 0 Å². The van der Waals surface area contributed by atoms with E-state index in [1.165, 1.54) is 102 Å². The zero-order valence-corrected chi connectivity index (χ0v) is 35.8. The Hall–Kier alpha value is -1.72. The molecule has 7 N–H and O–H groups in total. The maximum atomic E-state index is 13.0. The molecule has 8 atom stereocenters. The van der Waals surface area contributed by atoms with Crippen molar-refractivity contribution in [2.24, 2.45) is 0 Å². The molecule has 1 aliphatic heterocycles. The first kappa shape index (κ1) is 53.3. The number of nitrogens with one attached hydrogen (secondary N) is 1. The van der Waals surface area contributed by atoms with Gasteiger partial charge in [0.1, 0.15) is 30.5 Å². The highest BCUT2D eigenvalue weighted by molar-refractivity contribution is 7.80. The van der Waals surface area contributed by atoms with Crippen LogP contribution in [-0.4, -0.2) is 107 Å². The van der Waals surface area contributed by atoms with Crippen LogP contribution in [0, 0.1) is 0 Å². The second-order valence-corrected chi connectivity index (χ2v) is 16.5. The maximum absolute atomic E-state index is 13.0. The molecule has 0 radical (unpaired) electrons. The van der Waals surface area contributed by atoms with Gasteiger partial charge in [-0.3, -0.25) is 9.35 Å². The van der Waals surface area contributed by atoms with Crippen LogP contribution >= 0.6 is 0 Å². The van der Waals surface area contributed by atoms with E-state index in [2.05, 4.69) is 47.7 Å². The van der Waals surface area contributed by atoms with Crippen molar-refractivity contribution in [3.8, 4) is 0 Å². The Morgan fingerprint density at radius 1 is 0.702 bits per heavy atom. The van der Waals surface area contributed by atoms with E-state index in [1.807, 2.05) is 0 Å². The smallest absolute Gasteiger partial charge is 0.394 e. The molecule has 0 aromatic rings. The first-order valence-electron chi connectivity index (χ1n) is 22.0. The van der Waals surface area contributed by atoms with Crippen LogP contribution < -0.4 is 5.32 Å². The Bertz CT molecular complexity index is 1180. The number of unbranched alkanes of at least 4 members (excludes halogenated alkanes) is 19. The zero-order chi connectivity index (χ0) is 42.2. The van der Waals surface area contributed by atoms with E-state index in [0.717, 1.165) is 38.5 Å². The quantitative estimate of drug-likeness (QED) is 0.0195. The van der Waals surface area contributed by atoms with Crippen LogP contribution in [0.5, 0.6) is 0 Å². The van der Waals surface area contributed by atoms with Crippen LogP contribution in [-0.2, 0) is 28.9 Å². The van der Waals surface area contributed by atoms with Gasteiger partial charge in [0, 0.05) is 0 Å². The van der Waals surface area contributed by atoms with Crippen LogP contribution in [0.4, 0.5) is 0 Å². The van der Waals surface area contributed by atoms with Gasteiger partial charge in [0.05, 0.1) is 25.4 Å². The molecule has 1 saturated heterocycles. The fourth-order valence-electron chi connectivity index (χ4n) is 6.70. The third-order valence-corrected chi connectivity index (χ3v) is 10.7. The molecular weight excluding hydrogens is 755 g/mol. The Morgan fingerprint density at radius 3 is 1.68 bits per heavy atom. The minimum absolute atomic E-state index is 0.206. The fraction of sp³-hybridized carbons (Fsp3) is 0.837. The molecule has 14 heteroatoms. The van der Waals surface area contributed by atoms with Gasteiger partial charge in [-0.15, -0.1) is 0 Å². The summed E-state index contributed by atoms with van der Waals surface area (Å²) in [7, 11) is -5.12. The van der Waals surface area contributed by atoms with Gasteiger partial charge in [-0.2, -0.15) is 8.42 Å². The van der Waals surface area contributed by atoms with Crippen molar-refractivity contribution in [1.29, 1.82) is 0 Å². The number of aliphatic hydroxyl groups is 5. The number of allylic oxidation sites excluding steroid dienone is 5. The molecule has 1 amide bonds. The molecule has 0 saturated carbocycles. The Kier molecular flexibility index (Phi) is 31.8. The number of carbonyl (C=O) groups excluding carboxylic acids is 1. The van der Waals surface area contributed by atoms with E-state index in [0.29, 0.717) is 12.8 Å². The second kappa shape index (κ2) is 34.0. The third-order valence-electron chi connectivity index (χ3n) is 10.3. The van der Waals surface area contributed by atoms with Crippen molar-refractivity contribution in [1.82, 2.24) is 5.32 Å². The molecule has 0 bridgehead atoms. The SMILES string of the molecule is CCCCCCCC/C=C\CCCCC(O)C(=O)NC(COC1OC(CO)C(O)C(OS(=O)(=O)O)C1O)C(O)/C=C/CC/C=C/CCCCCCCCCCCC. The van der Waals surface area contributed by atoms with E-state index in [4.69, 9.17) is 14.0 Å². The highest BCUT2D eigenvalue weighted by atomic mass is 32.3. The number of amides is 1. The van der Waals surface area contributed by atoms with E-state index in [-0.39, 0.29) is 6.42 Å². The van der Waals surface area contributed by atoms with Gasteiger partial charge in [-0.1, -0.05) is 147 Å². The molecule has 334 valence electrons. The van der Waals surface area contributed by atoms with Crippen LogP contribution in [0.15, 0.2) is 36.5 Å². The van der Waals surface area contributed by atoms with Crippen LogP contribution in [0.1, 0.15) is 168 Å². The van der Waals surface area contributed by atoms with Crippen molar-refractivity contribution in [3.63, 3.8) is 0 Å². The van der Waals surface area contributed by atoms with Crippen LogP contribution in [0.3, 0.4) is 0 Å². The van der Waals surface area contributed by atoms with Crippen molar-refractivity contribution < 1.29 is 57.0 Å². The summed E-state index contributed by atoms with van der Waals surface area (Å²) in [5, 5.41) is 55.0. The van der Waals surface area contributed by atoms with Crippen LogP contribution in [0.25, 0.3) is 0 Å². The van der Waals surface area contributed by atoms with Crippen molar-refractivity contribution in [2.45, 2.75) is 217 Å². The Morgan fingerprint density at radius 2 is 1.18 bits per heavy atom. The van der Waals surface area contributed by atoms with E-state index < -0.39 is 78.5 Å². The summed E-state index contributed by atoms with van der Waals surface area (Å²) in [4.78, 5) is 13.0. The summed E-state index contributed by atoms with van der Waals surface area (Å²) in [5.74, 6) is -0.731. The summed E-state index contributed by atoms with van der Waals surface area (Å²) in [5.41, 5.74) is 0. The lowest BCUT2D eigenvalue weighted by Gasteiger charge is -2.41. The lowest BCUT2D eigenvalue weighted by molar-refractivity contribution is -0.298. The van der Waals surface area contributed by atoms with Gasteiger partial charge in [0.2, 0.25) is 5.91 Å². The average molecular weight is 834 g/mol. The molecule has 13 nitrogen and oxygen atoms in total. The fourth-order valence-corrected chi connectivity index (χ4v) is 7.21. The number of hydrogen-bond donors (Lipinski definition) is 7. The third kappa shape index (κ3) is 26.9. The van der Waals surface area contributed by atoms with Gasteiger partial charge < -0.3 is 40.3 Å². The molecule has 0 aromatic heterocycles. The molecule has 57 heavy (non-hydrogen) atoms. The Labute approximate surface area is 344 Å². The first-order chi connectivity index (χ1) is 27.4. The first-order valence-corrected chi connectivity index (χ1v) is 23.3. The highest BCUT2D eigenvalue weighted by Gasteiger charge is 2.48. The normalized spacial score (nSPS) is 22.1. The zero-order valence-electron chi connectivity index (χ0n) is 35.0. The van der Waals surface area contributed by atoms with Gasteiger partial charge in [-0.25, -0.2) is 4.18 Å². The number of ether oxygens (including phenoxy) is 2. The molecule has 0 spiro atoms. The second-order valence-electron chi connectivity index (χ2n) is 15.4. The standard InChI is InChI=1S/C43H79NO12S/c1-3-5-7-9-11-13-15-17-18-19-20-22-23-25-27-29-31-36(46)35(34-54-43-40(49)41(56-57(51,52)53)39(48)38(33-45)55-43)44-42(50)37(47)32-30-28-26-24-21-16-14-12-10-8-6-4-2/h21-24,29,31,35-41,43,45-49H,3-20,25-28,30,32-34H2,1-2H3,(H,44,50)(H,51,52,53)/b23-22+,24-21-,31-29+. The van der Waals surface area contributed by atoms with Crippen molar-refractivity contribution in [2.75, 3.05) is 13.2 Å². The summed E-state index contributed by atoms with van der Waals surface area (Å²) >= 11 is 0. The number of carbonyl (C=O) groups is 1. The lowest BCUT2D eigenvalue weighted by Crippen LogP contribution is -2.61. The topological polar surface area (TPSA) is 212 Å². The molecule has 1 heterocycles. The average Bonchev–Trinajstić information content (AvgIpc) is 3.18.